The Labute approximate surface area is 176 Å². The van der Waals surface area contributed by atoms with Crippen LogP contribution in [-0.2, 0) is 19.6 Å². The number of rotatable bonds is 7. The van der Waals surface area contributed by atoms with Gasteiger partial charge in [0.1, 0.15) is 11.5 Å². The summed E-state index contributed by atoms with van der Waals surface area (Å²) in [6.07, 6.45) is 1.31. The van der Waals surface area contributed by atoms with E-state index < -0.39 is 10.0 Å². The minimum atomic E-state index is -3.23. The molecule has 1 N–H and O–H groups in total. The zero-order chi connectivity index (χ0) is 21.6. The van der Waals surface area contributed by atoms with E-state index in [1.165, 1.54) is 4.31 Å². The summed E-state index contributed by atoms with van der Waals surface area (Å²) in [7, 11) is -3.23. The van der Waals surface area contributed by atoms with Gasteiger partial charge in [0.25, 0.3) is 0 Å². The monoisotopic (exact) mass is 431 g/mol. The average Bonchev–Trinajstić information content (AvgIpc) is 2.74. The molecule has 0 aliphatic carbocycles. The molecular weight excluding hydrogens is 406 g/mol. The van der Waals surface area contributed by atoms with E-state index in [1.54, 1.807) is 29.2 Å². The molecule has 8 nitrogen and oxygen atoms in total. The van der Waals surface area contributed by atoms with Gasteiger partial charge >= 0.3 is 0 Å². The molecule has 2 aromatic rings. The van der Waals surface area contributed by atoms with Crippen LogP contribution in [0.15, 0.2) is 54.6 Å². The zero-order valence-electron chi connectivity index (χ0n) is 16.8. The molecule has 0 spiro atoms. The summed E-state index contributed by atoms with van der Waals surface area (Å²) in [6.45, 7) is 1.26. The second-order valence-corrected chi connectivity index (χ2v) is 9.01. The highest BCUT2D eigenvalue weighted by atomic mass is 32.2. The standard InChI is InChI=1S/C21H25N3O5S/c1-30(27,28)24-15-13-23(14-16-24)21(26)12-11-20(25)22-17-7-9-19(10-8-17)29-18-5-3-2-4-6-18/h2-10H,11-16H2,1H3,(H,22,25). The maximum Gasteiger partial charge on any atom is 0.224 e. The lowest BCUT2D eigenvalue weighted by molar-refractivity contribution is -0.133. The number of hydrogen-bond acceptors (Lipinski definition) is 5. The minimum Gasteiger partial charge on any atom is -0.457 e. The van der Waals surface area contributed by atoms with Gasteiger partial charge in [-0.25, -0.2) is 8.42 Å². The summed E-state index contributed by atoms with van der Waals surface area (Å²) < 4.78 is 30.1. The molecule has 1 aliphatic rings. The Kier molecular flexibility index (Phi) is 7.07. The molecule has 1 heterocycles. The van der Waals surface area contributed by atoms with Crippen LogP contribution in [-0.4, -0.2) is 61.9 Å². The lowest BCUT2D eigenvalue weighted by atomic mass is 10.2. The van der Waals surface area contributed by atoms with E-state index in [1.807, 2.05) is 30.3 Å². The number of para-hydroxylation sites is 1. The highest BCUT2D eigenvalue weighted by Crippen LogP contribution is 2.22. The van der Waals surface area contributed by atoms with Crippen molar-refractivity contribution in [2.45, 2.75) is 12.8 Å². The molecule has 2 amide bonds. The van der Waals surface area contributed by atoms with Gasteiger partial charge in [-0.05, 0) is 36.4 Å². The summed E-state index contributed by atoms with van der Waals surface area (Å²) in [5.74, 6) is 0.979. The fourth-order valence-corrected chi connectivity index (χ4v) is 3.93. The number of nitrogens with one attached hydrogen (secondary N) is 1. The smallest absolute Gasteiger partial charge is 0.224 e. The van der Waals surface area contributed by atoms with Gasteiger partial charge < -0.3 is 15.0 Å². The molecular formula is C21H25N3O5S. The quantitative estimate of drug-likeness (QED) is 0.726. The lowest BCUT2D eigenvalue weighted by Gasteiger charge is -2.33. The van der Waals surface area contributed by atoms with Gasteiger partial charge in [-0.2, -0.15) is 4.31 Å². The van der Waals surface area contributed by atoms with Crippen LogP contribution in [0, 0.1) is 0 Å². The predicted molar refractivity (Wildman–Crippen MR) is 114 cm³/mol. The first-order valence-corrected chi connectivity index (χ1v) is 11.5. The molecule has 0 unspecified atom stereocenters. The van der Waals surface area contributed by atoms with Crippen molar-refractivity contribution < 1.29 is 22.7 Å². The predicted octanol–water partition coefficient (Wildman–Crippen LogP) is 2.30. The second kappa shape index (κ2) is 9.73. The van der Waals surface area contributed by atoms with E-state index >= 15 is 0 Å². The van der Waals surface area contributed by atoms with Gasteiger partial charge in [-0.1, -0.05) is 18.2 Å². The number of anilines is 1. The first kappa shape index (κ1) is 21.8. The van der Waals surface area contributed by atoms with E-state index in [-0.39, 0.29) is 37.7 Å². The number of carbonyl (C=O) groups excluding carboxylic acids is 2. The van der Waals surface area contributed by atoms with Gasteiger partial charge in [0.15, 0.2) is 0 Å². The summed E-state index contributed by atoms with van der Waals surface area (Å²) in [5.41, 5.74) is 0.620. The number of nitrogens with zero attached hydrogens (tertiary/aromatic N) is 2. The molecule has 0 aromatic heterocycles. The molecule has 1 aliphatic heterocycles. The second-order valence-electron chi connectivity index (χ2n) is 7.03. The van der Waals surface area contributed by atoms with Crippen LogP contribution in [0.5, 0.6) is 11.5 Å². The number of benzene rings is 2. The molecule has 30 heavy (non-hydrogen) atoms. The van der Waals surface area contributed by atoms with Crippen LogP contribution < -0.4 is 10.1 Å². The summed E-state index contributed by atoms with van der Waals surface area (Å²) in [4.78, 5) is 26.1. The first-order chi connectivity index (χ1) is 14.3. The normalized spacial score (nSPS) is 14.9. The number of amides is 2. The third-order valence-electron chi connectivity index (χ3n) is 4.74. The van der Waals surface area contributed by atoms with E-state index in [0.717, 1.165) is 12.0 Å². The van der Waals surface area contributed by atoms with Gasteiger partial charge in [0, 0.05) is 44.7 Å². The Balaban J connectivity index is 1.42. The Bertz CT molecular complexity index is 969. The molecule has 0 saturated carbocycles. The van der Waals surface area contributed by atoms with Crippen molar-refractivity contribution >= 4 is 27.5 Å². The third-order valence-corrected chi connectivity index (χ3v) is 6.05. The Morgan fingerprint density at radius 3 is 2.10 bits per heavy atom. The van der Waals surface area contributed by atoms with Crippen molar-refractivity contribution in [3.05, 3.63) is 54.6 Å². The lowest BCUT2D eigenvalue weighted by Crippen LogP contribution is -2.50. The maximum atomic E-state index is 12.3. The van der Waals surface area contributed by atoms with Crippen molar-refractivity contribution in [1.29, 1.82) is 0 Å². The Hall–Kier alpha value is -2.91. The first-order valence-electron chi connectivity index (χ1n) is 9.67. The highest BCUT2D eigenvalue weighted by molar-refractivity contribution is 7.88. The largest absolute Gasteiger partial charge is 0.457 e. The molecule has 2 aromatic carbocycles. The number of hydrogen-bond donors (Lipinski definition) is 1. The van der Waals surface area contributed by atoms with Crippen LogP contribution in [0.3, 0.4) is 0 Å². The van der Waals surface area contributed by atoms with E-state index in [2.05, 4.69) is 5.32 Å². The van der Waals surface area contributed by atoms with E-state index in [0.29, 0.717) is 24.5 Å². The van der Waals surface area contributed by atoms with Crippen molar-refractivity contribution in [2.75, 3.05) is 37.8 Å². The van der Waals surface area contributed by atoms with Gasteiger partial charge in [-0.3, -0.25) is 9.59 Å². The number of sulfonamides is 1. The van der Waals surface area contributed by atoms with Gasteiger partial charge in [0.2, 0.25) is 21.8 Å². The SMILES string of the molecule is CS(=O)(=O)N1CCN(C(=O)CCC(=O)Nc2ccc(Oc3ccccc3)cc2)CC1. The molecule has 3 rings (SSSR count). The zero-order valence-corrected chi connectivity index (χ0v) is 17.6. The molecule has 1 saturated heterocycles. The summed E-state index contributed by atoms with van der Waals surface area (Å²) in [6, 6.07) is 16.4. The van der Waals surface area contributed by atoms with Crippen molar-refractivity contribution in [3.63, 3.8) is 0 Å². The van der Waals surface area contributed by atoms with Crippen molar-refractivity contribution in [2.24, 2.45) is 0 Å². The molecule has 1 fully saturated rings. The van der Waals surface area contributed by atoms with E-state index in [9.17, 15) is 18.0 Å². The van der Waals surface area contributed by atoms with E-state index in [4.69, 9.17) is 4.74 Å². The molecule has 0 radical (unpaired) electrons. The maximum absolute atomic E-state index is 12.3. The molecule has 0 bridgehead atoms. The molecule has 160 valence electrons. The minimum absolute atomic E-state index is 0.0629. The highest BCUT2D eigenvalue weighted by Gasteiger charge is 2.26. The number of carbonyl (C=O) groups is 2. The third kappa shape index (κ3) is 6.30. The molecule has 9 heteroatoms. The van der Waals surface area contributed by atoms with Crippen LogP contribution in [0.4, 0.5) is 5.69 Å². The van der Waals surface area contributed by atoms with Crippen LogP contribution in [0.25, 0.3) is 0 Å². The van der Waals surface area contributed by atoms with Crippen molar-refractivity contribution in [1.82, 2.24) is 9.21 Å². The fraction of sp³-hybridized carbons (Fsp3) is 0.333. The topological polar surface area (TPSA) is 96.0 Å². The van der Waals surface area contributed by atoms with Crippen molar-refractivity contribution in [3.8, 4) is 11.5 Å². The Morgan fingerprint density at radius 2 is 1.50 bits per heavy atom. The number of ether oxygens (including phenoxy) is 1. The van der Waals surface area contributed by atoms with Crippen LogP contribution in [0.1, 0.15) is 12.8 Å². The summed E-state index contributed by atoms with van der Waals surface area (Å²) >= 11 is 0. The fourth-order valence-electron chi connectivity index (χ4n) is 3.10. The van der Waals surface area contributed by atoms with Gasteiger partial charge in [-0.15, -0.1) is 0 Å². The molecule has 0 atom stereocenters. The number of piperazine rings is 1. The average molecular weight is 432 g/mol. The van der Waals surface area contributed by atoms with Crippen LogP contribution in [0.2, 0.25) is 0 Å². The Morgan fingerprint density at radius 1 is 0.900 bits per heavy atom. The summed E-state index contributed by atoms with van der Waals surface area (Å²) in [5, 5.41) is 2.77. The van der Waals surface area contributed by atoms with Crippen LogP contribution >= 0.6 is 0 Å². The van der Waals surface area contributed by atoms with Gasteiger partial charge in [0.05, 0.1) is 6.26 Å².